The van der Waals surface area contributed by atoms with E-state index in [2.05, 4.69) is 0 Å². The zero-order chi connectivity index (χ0) is 0. The molecule has 0 bridgehead atoms. The van der Waals surface area contributed by atoms with Crippen LogP contribution in [0.5, 0.6) is 0 Å². The third-order valence-corrected chi connectivity index (χ3v) is 0. The summed E-state index contributed by atoms with van der Waals surface area (Å²) in [7, 11) is 0. The van der Waals surface area contributed by atoms with Gasteiger partial charge in [0.05, 0.1) is 0 Å². The summed E-state index contributed by atoms with van der Waals surface area (Å²) in [5.41, 5.74) is 0. The molecule has 0 rings (SSSR count). The van der Waals surface area contributed by atoms with Crippen LogP contribution in [-0.4, -0.2) is 69.4 Å². The molecular formula is H12Al4Re. The molecule has 0 saturated heterocycles. The normalized spacial score (nSPS) is 0. The van der Waals surface area contributed by atoms with Crippen molar-refractivity contribution in [2.24, 2.45) is 0 Å². The maximum absolute atomic E-state index is 0. The Kier molecular flexibility index (Phi) is 270. The fraction of sp³-hybridized carbons (Fsp3) is 0. The number of rotatable bonds is 0. The second-order valence-electron chi connectivity index (χ2n) is 0. The maximum atomic E-state index is 0. The van der Waals surface area contributed by atoms with E-state index in [1.165, 1.54) is 0 Å². The molecule has 1 radical (unpaired) electrons. The molecule has 0 amide bonds. The monoisotopic (exact) mass is 307 g/mol. The third kappa shape index (κ3) is 20.0. The van der Waals surface area contributed by atoms with Crippen molar-refractivity contribution >= 4 is 69.4 Å². The van der Waals surface area contributed by atoms with Gasteiger partial charge < -0.3 is 0 Å². The molecule has 0 unspecified atom stereocenters. The Morgan fingerprint density at radius 2 is 0.400 bits per heavy atom. The van der Waals surface area contributed by atoms with E-state index in [1.807, 2.05) is 0 Å². The van der Waals surface area contributed by atoms with Crippen molar-refractivity contribution in [3.05, 3.63) is 0 Å². The van der Waals surface area contributed by atoms with E-state index < -0.39 is 0 Å². The molecule has 5 heteroatoms. The molecule has 0 N–H and O–H groups in total. The number of hydrogen-bond acceptors (Lipinski definition) is 0. The smallest absolute Gasteiger partial charge is 0 e. The van der Waals surface area contributed by atoms with Gasteiger partial charge in [0.25, 0.3) is 0 Å². The van der Waals surface area contributed by atoms with Gasteiger partial charge in [0.1, 0.15) is 0 Å². The Balaban J connectivity index is 0. The Hall–Kier alpha value is 2.79. The van der Waals surface area contributed by atoms with Gasteiger partial charge in [-0.2, -0.15) is 0 Å². The molecular weight excluding hydrogens is 294 g/mol. The van der Waals surface area contributed by atoms with E-state index in [0.29, 0.717) is 0 Å². The van der Waals surface area contributed by atoms with Crippen molar-refractivity contribution in [3.8, 4) is 0 Å². The molecule has 0 nitrogen and oxygen atoms in total. The first-order chi connectivity index (χ1) is 0. The summed E-state index contributed by atoms with van der Waals surface area (Å²) in [4.78, 5) is 0. The summed E-state index contributed by atoms with van der Waals surface area (Å²) < 4.78 is 0. The van der Waals surface area contributed by atoms with Gasteiger partial charge in [-0.1, -0.05) is 0 Å². The number of hydrogen-bond donors (Lipinski definition) is 0. The van der Waals surface area contributed by atoms with E-state index >= 15 is 0 Å². The molecule has 0 aromatic carbocycles. The van der Waals surface area contributed by atoms with E-state index in [-0.39, 0.29) is 89.9 Å². The molecule has 5 heavy (non-hydrogen) atoms. The first-order valence-electron chi connectivity index (χ1n) is 0. The molecule has 0 aliphatic heterocycles. The average Bonchev–Trinajstić information content (AvgIpc) is 0. The average molecular weight is 306 g/mol. The Morgan fingerprint density at radius 3 is 0.400 bits per heavy atom. The molecule has 0 aliphatic carbocycles. The van der Waals surface area contributed by atoms with E-state index in [1.54, 1.807) is 0 Å². The fourth-order valence-electron chi connectivity index (χ4n) is 0. The molecule has 0 fully saturated rings. The van der Waals surface area contributed by atoms with Gasteiger partial charge in [0.15, 0.2) is 69.4 Å². The van der Waals surface area contributed by atoms with Crippen molar-refractivity contribution < 1.29 is 20.4 Å². The maximum Gasteiger partial charge on any atom is 0.187 e. The minimum Gasteiger partial charge on any atom is 0 e. The van der Waals surface area contributed by atoms with Crippen LogP contribution in [-0.2, 0) is 20.4 Å². The Morgan fingerprint density at radius 1 is 0.400 bits per heavy atom. The van der Waals surface area contributed by atoms with Crippen molar-refractivity contribution in [2.45, 2.75) is 0 Å². The van der Waals surface area contributed by atoms with Gasteiger partial charge in [-0.15, -0.1) is 0 Å². The zero-order valence-electron chi connectivity index (χ0n) is 0.378. The minimum atomic E-state index is 0. The third-order valence-electron chi connectivity index (χ3n) is 0. The van der Waals surface area contributed by atoms with Crippen molar-refractivity contribution in [1.82, 2.24) is 0 Å². The van der Waals surface area contributed by atoms with E-state index in [9.17, 15) is 0 Å². The second kappa shape index (κ2) is 29.2. The largest absolute Gasteiger partial charge is 0.187 e. The predicted octanol–water partition coefficient (Wildman–Crippen LogP) is -4.74. The van der Waals surface area contributed by atoms with Crippen molar-refractivity contribution in [2.75, 3.05) is 0 Å². The molecule has 0 spiro atoms. The van der Waals surface area contributed by atoms with Crippen molar-refractivity contribution in [1.29, 1.82) is 0 Å². The molecule has 0 aromatic rings. The quantitative estimate of drug-likeness (QED) is 0.395. The van der Waals surface area contributed by atoms with Gasteiger partial charge in [0, 0.05) is 20.4 Å². The summed E-state index contributed by atoms with van der Waals surface area (Å²) >= 11 is 0. The van der Waals surface area contributed by atoms with Crippen LogP contribution < -0.4 is 0 Å². The minimum absolute atomic E-state index is 0. The van der Waals surface area contributed by atoms with Gasteiger partial charge in [-0.3, -0.25) is 0 Å². The summed E-state index contributed by atoms with van der Waals surface area (Å²) in [5, 5.41) is 0. The predicted molar refractivity (Wildman–Crippen MR) is 39.8 cm³/mol. The zero-order valence-corrected chi connectivity index (χ0v) is 3.09. The first kappa shape index (κ1) is 46.1. The summed E-state index contributed by atoms with van der Waals surface area (Å²) in [6, 6.07) is 0. The van der Waals surface area contributed by atoms with Crippen LogP contribution in [0.15, 0.2) is 0 Å². The summed E-state index contributed by atoms with van der Waals surface area (Å²) in [6.07, 6.45) is 0. The Bertz CT molecular complexity index is 3.61. The van der Waals surface area contributed by atoms with Gasteiger partial charge >= 0.3 is 0 Å². The molecule has 0 heterocycles. The van der Waals surface area contributed by atoms with Crippen LogP contribution in [0, 0.1) is 0 Å². The SMILES string of the molecule is [AlH3].[AlH3].[AlH3].[AlH3].[Re]. The van der Waals surface area contributed by atoms with Gasteiger partial charge in [0.2, 0.25) is 0 Å². The van der Waals surface area contributed by atoms with Crippen LogP contribution in [0.1, 0.15) is 0 Å². The molecule has 31 valence electrons. The van der Waals surface area contributed by atoms with E-state index in [0.717, 1.165) is 0 Å². The molecule has 0 aliphatic rings. The first-order valence-corrected chi connectivity index (χ1v) is 0. The van der Waals surface area contributed by atoms with Crippen LogP contribution in [0.2, 0.25) is 0 Å². The van der Waals surface area contributed by atoms with Crippen molar-refractivity contribution in [3.63, 3.8) is 0 Å². The van der Waals surface area contributed by atoms with Gasteiger partial charge in [-0.05, 0) is 0 Å². The fourth-order valence-corrected chi connectivity index (χ4v) is 0. The van der Waals surface area contributed by atoms with Gasteiger partial charge in [-0.25, -0.2) is 0 Å². The van der Waals surface area contributed by atoms with Crippen LogP contribution in [0.25, 0.3) is 0 Å². The molecule has 0 saturated carbocycles. The molecule has 0 aromatic heterocycles. The molecule has 0 atom stereocenters. The topological polar surface area (TPSA) is 0 Å². The van der Waals surface area contributed by atoms with Crippen LogP contribution >= 0.6 is 0 Å². The summed E-state index contributed by atoms with van der Waals surface area (Å²) in [5.74, 6) is 0. The van der Waals surface area contributed by atoms with Crippen LogP contribution in [0.4, 0.5) is 0 Å². The second-order valence-corrected chi connectivity index (χ2v) is 0. The Labute approximate surface area is 88.6 Å². The van der Waals surface area contributed by atoms with E-state index in [4.69, 9.17) is 0 Å². The van der Waals surface area contributed by atoms with Crippen LogP contribution in [0.3, 0.4) is 0 Å². The standard InChI is InChI=1S/4Al.Re.12H. The summed E-state index contributed by atoms with van der Waals surface area (Å²) in [6.45, 7) is 0.